The summed E-state index contributed by atoms with van der Waals surface area (Å²) in [6.07, 6.45) is 0.577. The molecule has 0 saturated heterocycles. The van der Waals surface area contributed by atoms with Gasteiger partial charge in [0.15, 0.2) is 0 Å². The van der Waals surface area contributed by atoms with E-state index in [9.17, 15) is 9.50 Å². The van der Waals surface area contributed by atoms with Gasteiger partial charge >= 0.3 is 0 Å². The molecular weight excluding hydrogens is 159 g/mol. The molecule has 1 atom stereocenters. The van der Waals surface area contributed by atoms with Crippen molar-refractivity contribution < 1.29 is 9.50 Å². The Labute approximate surface area is 70.3 Å². The van der Waals surface area contributed by atoms with E-state index in [1.165, 1.54) is 18.3 Å². The van der Waals surface area contributed by atoms with E-state index in [-0.39, 0.29) is 5.69 Å². The van der Waals surface area contributed by atoms with Crippen molar-refractivity contribution in [3.63, 3.8) is 0 Å². The number of pyridine rings is 1. The molecule has 66 valence electrons. The van der Waals surface area contributed by atoms with Crippen LogP contribution in [0.1, 0.15) is 11.8 Å². The summed E-state index contributed by atoms with van der Waals surface area (Å²) in [4.78, 5) is 3.73. The molecule has 0 fully saturated rings. The normalized spacial score (nSPS) is 12.9. The predicted molar refractivity (Wildman–Crippen MR) is 43.1 cm³/mol. The smallest absolute Gasteiger partial charge is 0.147 e. The van der Waals surface area contributed by atoms with Crippen molar-refractivity contribution in [3.05, 3.63) is 29.8 Å². The van der Waals surface area contributed by atoms with Gasteiger partial charge in [-0.05, 0) is 19.2 Å². The Hall–Kier alpha value is -1.00. The van der Waals surface area contributed by atoms with Crippen molar-refractivity contribution in [1.82, 2.24) is 10.3 Å². The second-order valence-electron chi connectivity index (χ2n) is 2.44. The van der Waals surface area contributed by atoms with E-state index < -0.39 is 11.9 Å². The van der Waals surface area contributed by atoms with Crippen LogP contribution >= 0.6 is 0 Å². The molecule has 0 spiro atoms. The fraction of sp³-hybridized carbons (Fsp3) is 0.375. The Bertz CT molecular complexity index is 255. The Kier molecular flexibility index (Phi) is 3.13. The highest BCUT2D eigenvalue weighted by Crippen LogP contribution is 2.11. The Morgan fingerprint density at radius 3 is 3.08 bits per heavy atom. The SMILES string of the molecule is CNCC(O)c1ncccc1F. The first kappa shape index (κ1) is 9.09. The van der Waals surface area contributed by atoms with Crippen molar-refractivity contribution in [2.75, 3.05) is 13.6 Å². The largest absolute Gasteiger partial charge is 0.385 e. The number of hydrogen-bond donors (Lipinski definition) is 2. The molecule has 1 rings (SSSR count). The Balaban J connectivity index is 2.79. The van der Waals surface area contributed by atoms with Crippen LogP contribution in [0.5, 0.6) is 0 Å². The van der Waals surface area contributed by atoms with Gasteiger partial charge in [-0.2, -0.15) is 0 Å². The number of nitrogens with one attached hydrogen (secondary N) is 1. The van der Waals surface area contributed by atoms with Crippen molar-refractivity contribution in [1.29, 1.82) is 0 Å². The molecule has 1 aromatic heterocycles. The fourth-order valence-electron chi connectivity index (χ4n) is 0.933. The molecule has 0 bridgehead atoms. The van der Waals surface area contributed by atoms with Crippen LogP contribution in [0.3, 0.4) is 0 Å². The van der Waals surface area contributed by atoms with Crippen molar-refractivity contribution in [2.45, 2.75) is 6.10 Å². The Morgan fingerprint density at radius 2 is 2.50 bits per heavy atom. The lowest BCUT2D eigenvalue weighted by molar-refractivity contribution is 0.168. The van der Waals surface area contributed by atoms with Crippen molar-refractivity contribution >= 4 is 0 Å². The van der Waals surface area contributed by atoms with E-state index in [4.69, 9.17) is 0 Å². The molecule has 1 heterocycles. The quantitative estimate of drug-likeness (QED) is 0.693. The zero-order valence-corrected chi connectivity index (χ0v) is 6.79. The van der Waals surface area contributed by atoms with Gasteiger partial charge < -0.3 is 10.4 Å². The lowest BCUT2D eigenvalue weighted by Gasteiger charge is -2.08. The highest BCUT2D eigenvalue weighted by atomic mass is 19.1. The fourth-order valence-corrected chi connectivity index (χ4v) is 0.933. The van der Waals surface area contributed by atoms with Crippen LogP contribution in [0.25, 0.3) is 0 Å². The van der Waals surface area contributed by atoms with E-state index in [0.29, 0.717) is 6.54 Å². The van der Waals surface area contributed by atoms with Gasteiger partial charge in [0.25, 0.3) is 0 Å². The maximum absolute atomic E-state index is 12.9. The van der Waals surface area contributed by atoms with E-state index in [2.05, 4.69) is 10.3 Å². The molecule has 0 aliphatic carbocycles. The number of nitrogens with zero attached hydrogens (tertiary/aromatic N) is 1. The van der Waals surface area contributed by atoms with Gasteiger partial charge in [-0.15, -0.1) is 0 Å². The average Bonchev–Trinajstić information content (AvgIpc) is 2.05. The molecule has 4 heteroatoms. The highest BCUT2D eigenvalue weighted by molar-refractivity contribution is 5.09. The van der Waals surface area contributed by atoms with E-state index >= 15 is 0 Å². The predicted octanol–water partition coefficient (Wildman–Crippen LogP) is 0.473. The first-order chi connectivity index (χ1) is 5.75. The van der Waals surface area contributed by atoms with Crippen LogP contribution in [-0.4, -0.2) is 23.7 Å². The zero-order valence-electron chi connectivity index (χ0n) is 6.79. The lowest BCUT2D eigenvalue weighted by Crippen LogP contribution is -2.18. The maximum atomic E-state index is 12.9. The topological polar surface area (TPSA) is 45.1 Å². The van der Waals surface area contributed by atoms with E-state index in [1.54, 1.807) is 7.05 Å². The number of likely N-dealkylation sites (N-methyl/N-ethyl adjacent to an activating group) is 1. The van der Waals surface area contributed by atoms with Crippen LogP contribution in [-0.2, 0) is 0 Å². The third-order valence-electron chi connectivity index (χ3n) is 1.50. The number of aromatic nitrogens is 1. The number of aliphatic hydroxyl groups is 1. The molecule has 0 saturated carbocycles. The number of hydrogen-bond acceptors (Lipinski definition) is 3. The molecule has 0 radical (unpaired) electrons. The molecule has 1 aromatic rings. The minimum Gasteiger partial charge on any atom is -0.385 e. The molecule has 0 aliphatic rings. The summed E-state index contributed by atoms with van der Waals surface area (Å²) in [6.45, 7) is 0.300. The maximum Gasteiger partial charge on any atom is 0.147 e. The number of halogens is 1. The molecule has 2 N–H and O–H groups in total. The summed E-state index contributed by atoms with van der Waals surface area (Å²) in [7, 11) is 1.68. The van der Waals surface area contributed by atoms with Crippen LogP contribution < -0.4 is 5.32 Å². The average molecular weight is 170 g/mol. The molecular formula is C8H11FN2O. The van der Waals surface area contributed by atoms with Gasteiger partial charge in [0, 0.05) is 12.7 Å². The van der Waals surface area contributed by atoms with Gasteiger partial charge in [-0.1, -0.05) is 0 Å². The van der Waals surface area contributed by atoms with Crippen LogP contribution in [0.4, 0.5) is 4.39 Å². The van der Waals surface area contributed by atoms with Crippen molar-refractivity contribution in [2.24, 2.45) is 0 Å². The Morgan fingerprint density at radius 1 is 1.75 bits per heavy atom. The van der Waals surface area contributed by atoms with Crippen LogP contribution in [0.15, 0.2) is 18.3 Å². The number of rotatable bonds is 3. The minimum atomic E-state index is -0.879. The summed E-state index contributed by atoms with van der Waals surface area (Å²) in [6, 6.07) is 2.77. The third-order valence-corrected chi connectivity index (χ3v) is 1.50. The van der Waals surface area contributed by atoms with Gasteiger partial charge in [0.1, 0.15) is 17.6 Å². The van der Waals surface area contributed by atoms with Crippen LogP contribution in [0.2, 0.25) is 0 Å². The van der Waals surface area contributed by atoms with E-state index in [1.807, 2.05) is 0 Å². The summed E-state index contributed by atoms with van der Waals surface area (Å²) in [5, 5.41) is 12.1. The summed E-state index contributed by atoms with van der Waals surface area (Å²) >= 11 is 0. The first-order valence-corrected chi connectivity index (χ1v) is 3.68. The van der Waals surface area contributed by atoms with Gasteiger partial charge in [-0.25, -0.2) is 4.39 Å². The molecule has 0 aromatic carbocycles. The van der Waals surface area contributed by atoms with Crippen LogP contribution in [0, 0.1) is 5.82 Å². The van der Waals surface area contributed by atoms with Crippen molar-refractivity contribution in [3.8, 4) is 0 Å². The summed E-state index contributed by atoms with van der Waals surface area (Å²) in [5.74, 6) is -0.472. The van der Waals surface area contributed by atoms with Gasteiger partial charge in [-0.3, -0.25) is 4.98 Å². The lowest BCUT2D eigenvalue weighted by atomic mass is 10.2. The molecule has 0 aliphatic heterocycles. The van der Waals surface area contributed by atoms with Gasteiger partial charge in [0.05, 0.1) is 0 Å². The first-order valence-electron chi connectivity index (χ1n) is 3.68. The number of aliphatic hydroxyl groups excluding tert-OH is 1. The van der Waals surface area contributed by atoms with E-state index in [0.717, 1.165) is 0 Å². The highest BCUT2D eigenvalue weighted by Gasteiger charge is 2.11. The zero-order chi connectivity index (χ0) is 8.97. The summed E-state index contributed by atoms with van der Waals surface area (Å²) < 4.78 is 12.9. The molecule has 1 unspecified atom stereocenters. The third kappa shape index (κ3) is 1.99. The molecule has 12 heavy (non-hydrogen) atoms. The minimum absolute atomic E-state index is 0.0897. The molecule has 0 amide bonds. The molecule has 3 nitrogen and oxygen atoms in total. The second kappa shape index (κ2) is 4.13. The monoisotopic (exact) mass is 170 g/mol. The van der Waals surface area contributed by atoms with Gasteiger partial charge in [0.2, 0.25) is 0 Å². The standard InChI is InChI=1S/C8H11FN2O/c1-10-5-7(12)8-6(9)3-2-4-11-8/h2-4,7,10,12H,5H2,1H3. The summed E-state index contributed by atoms with van der Waals surface area (Å²) in [5.41, 5.74) is 0.0897. The second-order valence-corrected chi connectivity index (χ2v) is 2.44.